The average Bonchev–Trinajstić information content (AvgIpc) is 2.20. The van der Waals surface area contributed by atoms with Crippen molar-refractivity contribution in [3.8, 4) is 0 Å². The molecule has 0 amide bonds. The summed E-state index contributed by atoms with van der Waals surface area (Å²) in [5.74, 6) is 0.307. The summed E-state index contributed by atoms with van der Waals surface area (Å²) in [6.07, 6.45) is 9.84. The van der Waals surface area contributed by atoms with Crippen molar-refractivity contribution in [1.82, 2.24) is 0 Å². The Morgan fingerprint density at radius 1 is 1.07 bits per heavy atom. The van der Waals surface area contributed by atoms with E-state index in [-0.39, 0.29) is 6.10 Å². The van der Waals surface area contributed by atoms with Gasteiger partial charge in [-0.3, -0.25) is 0 Å². The molecule has 0 aliphatic heterocycles. The van der Waals surface area contributed by atoms with Gasteiger partial charge in [0.1, 0.15) is 0 Å². The summed E-state index contributed by atoms with van der Waals surface area (Å²) >= 11 is 0. The highest BCUT2D eigenvalue weighted by molar-refractivity contribution is 4.84. The van der Waals surface area contributed by atoms with Crippen molar-refractivity contribution in [2.45, 2.75) is 64.9 Å². The van der Waals surface area contributed by atoms with Crippen LogP contribution in [-0.4, -0.2) is 11.2 Å². The van der Waals surface area contributed by atoms with Crippen molar-refractivity contribution in [2.24, 2.45) is 5.92 Å². The minimum Gasteiger partial charge on any atom is -0.393 e. The van der Waals surface area contributed by atoms with Gasteiger partial charge in [-0.1, -0.05) is 52.0 Å². The molecule has 0 aromatic heterocycles. The molecule has 1 N–H and O–H groups in total. The fraction of sp³-hybridized carbons (Fsp3) is 0.846. The molecule has 0 radical (unpaired) electrons. The second kappa shape index (κ2) is 9.26. The Balaban J connectivity index is 3.57. The third kappa shape index (κ3) is 6.20. The summed E-state index contributed by atoms with van der Waals surface area (Å²) in [5, 5.41) is 9.87. The monoisotopic (exact) mass is 198 g/mol. The number of rotatable bonds is 9. The summed E-state index contributed by atoms with van der Waals surface area (Å²) in [7, 11) is 0. The predicted octanol–water partition coefficient (Wildman–Crippen LogP) is 3.92. The maximum Gasteiger partial charge on any atom is 0.0602 e. The smallest absolute Gasteiger partial charge is 0.0602 e. The average molecular weight is 198 g/mol. The van der Waals surface area contributed by atoms with Gasteiger partial charge in [0.25, 0.3) is 0 Å². The van der Waals surface area contributed by atoms with E-state index < -0.39 is 0 Å². The molecule has 1 nitrogen and oxygen atoms in total. The molecular formula is C13H26O. The second-order valence-corrected chi connectivity index (χ2v) is 4.10. The minimum atomic E-state index is -0.163. The normalized spacial score (nSPS) is 15.1. The fourth-order valence-corrected chi connectivity index (χ4v) is 1.79. The van der Waals surface area contributed by atoms with E-state index in [0.29, 0.717) is 5.92 Å². The fourth-order valence-electron chi connectivity index (χ4n) is 1.79. The highest BCUT2D eigenvalue weighted by atomic mass is 16.3. The Morgan fingerprint density at radius 3 is 2.29 bits per heavy atom. The van der Waals surface area contributed by atoms with Crippen LogP contribution in [0, 0.1) is 5.92 Å². The number of hydrogen-bond acceptors (Lipinski definition) is 1. The molecule has 0 saturated heterocycles. The summed E-state index contributed by atoms with van der Waals surface area (Å²) in [6.45, 7) is 8.15. The Kier molecular flexibility index (Phi) is 9.06. The first kappa shape index (κ1) is 13.7. The van der Waals surface area contributed by atoms with Crippen LogP contribution >= 0.6 is 0 Å². The van der Waals surface area contributed by atoms with Gasteiger partial charge in [-0.2, -0.15) is 0 Å². The van der Waals surface area contributed by atoms with Crippen LogP contribution in [0.4, 0.5) is 0 Å². The topological polar surface area (TPSA) is 20.2 Å². The zero-order valence-electron chi connectivity index (χ0n) is 9.84. The van der Waals surface area contributed by atoms with Crippen LogP contribution in [0.1, 0.15) is 58.8 Å². The molecule has 0 rings (SSSR count). The van der Waals surface area contributed by atoms with Crippen molar-refractivity contribution in [3.63, 3.8) is 0 Å². The van der Waals surface area contributed by atoms with Crippen molar-refractivity contribution < 1.29 is 5.11 Å². The van der Waals surface area contributed by atoms with Gasteiger partial charge >= 0.3 is 0 Å². The quantitative estimate of drug-likeness (QED) is 0.440. The lowest BCUT2D eigenvalue weighted by Gasteiger charge is -2.18. The molecule has 0 spiro atoms. The van der Waals surface area contributed by atoms with E-state index in [4.69, 9.17) is 0 Å². The summed E-state index contributed by atoms with van der Waals surface area (Å²) < 4.78 is 0. The Bertz CT molecular complexity index is 131. The largest absolute Gasteiger partial charge is 0.393 e. The first-order valence-electron chi connectivity index (χ1n) is 6.06. The Labute approximate surface area is 89.2 Å². The van der Waals surface area contributed by atoms with Crippen LogP contribution in [0.2, 0.25) is 0 Å². The molecule has 0 unspecified atom stereocenters. The van der Waals surface area contributed by atoms with Gasteiger partial charge < -0.3 is 5.11 Å². The zero-order valence-corrected chi connectivity index (χ0v) is 9.84. The molecule has 0 bridgehead atoms. The first-order chi connectivity index (χ1) is 6.76. The minimum absolute atomic E-state index is 0.163. The van der Waals surface area contributed by atoms with E-state index in [1.807, 2.05) is 6.08 Å². The van der Waals surface area contributed by atoms with Crippen LogP contribution in [0.25, 0.3) is 0 Å². The predicted molar refractivity (Wildman–Crippen MR) is 63.4 cm³/mol. The van der Waals surface area contributed by atoms with Crippen LogP contribution in [-0.2, 0) is 0 Å². The molecule has 84 valence electrons. The number of aliphatic hydroxyl groups excluding tert-OH is 1. The number of hydrogen-bond donors (Lipinski definition) is 1. The third-order valence-electron chi connectivity index (χ3n) is 2.77. The van der Waals surface area contributed by atoms with Crippen molar-refractivity contribution in [2.75, 3.05) is 0 Å². The standard InChI is InChI=1S/C13H26O/c1-4-7-8-9-11-13(14)12(6-3)10-5-2/h6,12-14H,3-5,7-11H2,1-2H3/t12-,13-/m1/s1. The molecule has 2 atom stereocenters. The van der Waals surface area contributed by atoms with Crippen LogP contribution < -0.4 is 0 Å². The van der Waals surface area contributed by atoms with Crippen molar-refractivity contribution in [1.29, 1.82) is 0 Å². The van der Waals surface area contributed by atoms with E-state index >= 15 is 0 Å². The van der Waals surface area contributed by atoms with Gasteiger partial charge in [0.2, 0.25) is 0 Å². The molecule has 0 aromatic carbocycles. The molecule has 0 aromatic rings. The van der Waals surface area contributed by atoms with Gasteiger partial charge in [-0.25, -0.2) is 0 Å². The van der Waals surface area contributed by atoms with Gasteiger partial charge in [0.15, 0.2) is 0 Å². The van der Waals surface area contributed by atoms with Gasteiger partial charge in [0, 0.05) is 5.92 Å². The summed E-state index contributed by atoms with van der Waals surface area (Å²) in [5.41, 5.74) is 0. The van der Waals surface area contributed by atoms with E-state index in [1.54, 1.807) is 0 Å². The molecule has 0 fully saturated rings. The maximum absolute atomic E-state index is 9.87. The molecule has 0 aliphatic carbocycles. The molecule has 14 heavy (non-hydrogen) atoms. The van der Waals surface area contributed by atoms with Crippen LogP contribution in [0.5, 0.6) is 0 Å². The Hall–Kier alpha value is -0.300. The van der Waals surface area contributed by atoms with E-state index in [2.05, 4.69) is 20.4 Å². The maximum atomic E-state index is 9.87. The zero-order chi connectivity index (χ0) is 10.8. The lowest BCUT2D eigenvalue weighted by Crippen LogP contribution is -2.18. The van der Waals surface area contributed by atoms with Crippen LogP contribution in [0.3, 0.4) is 0 Å². The van der Waals surface area contributed by atoms with Crippen molar-refractivity contribution in [3.05, 3.63) is 12.7 Å². The number of unbranched alkanes of at least 4 members (excludes halogenated alkanes) is 3. The summed E-state index contributed by atoms with van der Waals surface area (Å²) in [4.78, 5) is 0. The first-order valence-corrected chi connectivity index (χ1v) is 6.06. The number of aliphatic hydroxyl groups is 1. The molecule has 0 heterocycles. The van der Waals surface area contributed by atoms with Crippen LogP contribution in [0.15, 0.2) is 12.7 Å². The second-order valence-electron chi connectivity index (χ2n) is 4.10. The van der Waals surface area contributed by atoms with Gasteiger partial charge in [-0.05, 0) is 12.8 Å². The van der Waals surface area contributed by atoms with Gasteiger partial charge in [-0.15, -0.1) is 6.58 Å². The molecule has 0 saturated carbocycles. The molecular weight excluding hydrogens is 172 g/mol. The van der Waals surface area contributed by atoms with E-state index in [0.717, 1.165) is 25.7 Å². The highest BCUT2D eigenvalue weighted by Gasteiger charge is 2.13. The lowest BCUT2D eigenvalue weighted by atomic mass is 9.93. The summed E-state index contributed by atoms with van der Waals surface area (Å²) in [6, 6.07) is 0. The Morgan fingerprint density at radius 2 is 1.79 bits per heavy atom. The SMILES string of the molecule is C=C[C@H](CCC)[C@H](O)CCCCCC. The van der Waals surface area contributed by atoms with Gasteiger partial charge in [0.05, 0.1) is 6.10 Å². The van der Waals surface area contributed by atoms with Crippen molar-refractivity contribution >= 4 is 0 Å². The van der Waals surface area contributed by atoms with E-state index in [1.165, 1.54) is 19.3 Å². The molecule has 1 heteroatoms. The van der Waals surface area contributed by atoms with E-state index in [9.17, 15) is 5.11 Å². The lowest BCUT2D eigenvalue weighted by molar-refractivity contribution is 0.113. The highest BCUT2D eigenvalue weighted by Crippen LogP contribution is 2.18. The molecule has 0 aliphatic rings. The third-order valence-corrected chi connectivity index (χ3v) is 2.77.